The van der Waals surface area contributed by atoms with Crippen LogP contribution in [0.2, 0.25) is 0 Å². The van der Waals surface area contributed by atoms with Crippen molar-refractivity contribution >= 4 is 22.8 Å². The Morgan fingerprint density at radius 1 is 1.29 bits per heavy atom. The average molecular weight is 288 g/mol. The second-order valence-corrected chi connectivity index (χ2v) is 5.97. The molecule has 2 aromatic heterocycles. The van der Waals surface area contributed by atoms with E-state index in [1.807, 2.05) is 0 Å². The lowest BCUT2D eigenvalue weighted by Gasteiger charge is -2.30. The maximum atomic E-state index is 4.65. The van der Waals surface area contributed by atoms with Crippen LogP contribution < -0.4 is 10.6 Å². The van der Waals surface area contributed by atoms with Crippen molar-refractivity contribution in [3.05, 3.63) is 6.20 Å². The van der Waals surface area contributed by atoms with Gasteiger partial charge in [-0.25, -0.2) is 0 Å². The predicted molar refractivity (Wildman–Crippen MR) is 85.5 cm³/mol. The van der Waals surface area contributed by atoms with Gasteiger partial charge in [-0.05, 0) is 25.2 Å². The Morgan fingerprint density at radius 2 is 2.14 bits per heavy atom. The molecule has 0 bridgehead atoms. The van der Waals surface area contributed by atoms with E-state index in [2.05, 4.69) is 44.6 Å². The zero-order valence-corrected chi connectivity index (χ0v) is 12.8. The lowest BCUT2D eigenvalue weighted by molar-refractivity contribution is 0.349. The van der Waals surface area contributed by atoms with Crippen LogP contribution in [0.25, 0.3) is 11.0 Å². The van der Waals surface area contributed by atoms with E-state index in [4.69, 9.17) is 0 Å². The fraction of sp³-hybridized carbons (Fsp3) is 0.667. The highest BCUT2D eigenvalue weighted by Gasteiger charge is 2.22. The molecule has 2 unspecified atom stereocenters. The number of aromatic nitrogens is 4. The van der Waals surface area contributed by atoms with Gasteiger partial charge in [0.2, 0.25) is 5.95 Å². The molecule has 2 heterocycles. The van der Waals surface area contributed by atoms with Crippen molar-refractivity contribution < 1.29 is 0 Å². The molecule has 0 saturated heterocycles. The second-order valence-electron chi connectivity index (χ2n) is 5.97. The summed E-state index contributed by atoms with van der Waals surface area (Å²) in [6.45, 7) is 5.32. The van der Waals surface area contributed by atoms with E-state index in [-0.39, 0.29) is 0 Å². The van der Waals surface area contributed by atoms with E-state index in [1.165, 1.54) is 25.7 Å². The molecule has 1 aliphatic rings. The van der Waals surface area contributed by atoms with Crippen LogP contribution in [0.3, 0.4) is 0 Å². The molecule has 0 spiro atoms. The van der Waals surface area contributed by atoms with Crippen molar-refractivity contribution in [2.24, 2.45) is 5.92 Å². The van der Waals surface area contributed by atoms with Crippen LogP contribution in [0.5, 0.6) is 0 Å². The zero-order valence-electron chi connectivity index (χ0n) is 12.8. The van der Waals surface area contributed by atoms with Gasteiger partial charge in [0.1, 0.15) is 5.82 Å². The minimum atomic E-state index is 0.491. The van der Waals surface area contributed by atoms with Crippen LogP contribution in [0.1, 0.15) is 46.0 Å². The Hall–Kier alpha value is -1.85. The third kappa shape index (κ3) is 3.09. The Bertz CT molecular complexity index is 593. The first-order valence-electron chi connectivity index (χ1n) is 7.99. The summed E-state index contributed by atoms with van der Waals surface area (Å²) < 4.78 is 0. The zero-order chi connectivity index (χ0) is 14.7. The van der Waals surface area contributed by atoms with Crippen molar-refractivity contribution in [3.63, 3.8) is 0 Å². The van der Waals surface area contributed by atoms with E-state index in [0.29, 0.717) is 17.9 Å². The van der Waals surface area contributed by atoms with Crippen molar-refractivity contribution in [3.8, 4) is 0 Å². The number of nitrogens with one attached hydrogen (secondary N) is 3. The largest absolute Gasteiger partial charge is 0.366 e. The van der Waals surface area contributed by atoms with Crippen LogP contribution in [-0.2, 0) is 0 Å². The van der Waals surface area contributed by atoms with E-state index in [9.17, 15) is 0 Å². The van der Waals surface area contributed by atoms with Gasteiger partial charge >= 0.3 is 0 Å². The minimum absolute atomic E-state index is 0.491. The van der Waals surface area contributed by atoms with Gasteiger partial charge in [0.05, 0.1) is 11.6 Å². The Labute approximate surface area is 125 Å². The summed E-state index contributed by atoms with van der Waals surface area (Å²) in [5.41, 5.74) is 0.787. The molecule has 6 heteroatoms. The summed E-state index contributed by atoms with van der Waals surface area (Å²) in [7, 11) is 0. The topological polar surface area (TPSA) is 78.5 Å². The number of fused-ring (bicyclic) bond motifs is 1. The van der Waals surface area contributed by atoms with Gasteiger partial charge in [0, 0.05) is 12.6 Å². The van der Waals surface area contributed by atoms with E-state index >= 15 is 0 Å². The highest BCUT2D eigenvalue weighted by Crippen LogP contribution is 2.28. The molecule has 2 atom stereocenters. The number of aromatic amines is 1. The number of hydrogen-bond acceptors (Lipinski definition) is 5. The summed E-state index contributed by atoms with van der Waals surface area (Å²) in [6, 6.07) is 0.491. The first-order valence-corrected chi connectivity index (χ1v) is 7.99. The molecule has 1 aliphatic carbocycles. The number of rotatable bonds is 5. The lowest BCUT2D eigenvalue weighted by Crippen LogP contribution is -2.30. The third-order valence-corrected chi connectivity index (χ3v) is 4.28. The van der Waals surface area contributed by atoms with Crippen LogP contribution >= 0.6 is 0 Å². The van der Waals surface area contributed by atoms with Crippen LogP contribution in [-0.4, -0.2) is 32.8 Å². The molecule has 0 aromatic carbocycles. The number of nitrogens with zero attached hydrogens (tertiary/aromatic N) is 3. The van der Waals surface area contributed by atoms with Crippen molar-refractivity contribution in [2.75, 3.05) is 17.2 Å². The first kappa shape index (κ1) is 14.1. The molecular formula is C15H24N6. The summed E-state index contributed by atoms with van der Waals surface area (Å²) >= 11 is 0. The quantitative estimate of drug-likeness (QED) is 0.787. The number of H-pyrrole nitrogens is 1. The Morgan fingerprint density at radius 3 is 2.95 bits per heavy atom. The molecule has 2 aromatic rings. The Balaban J connectivity index is 1.86. The predicted octanol–water partition coefficient (Wildman–Crippen LogP) is 3.17. The summed E-state index contributed by atoms with van der Waals surface area (Å²) in [5, 5.41) is 14.9. The van der Waals surface area contributed by atoms with Gasteiger partial charge in [-0.3, -0.25) is 5.10 Å². The van der Waals surface area contributed by atoms with Gasteiger partial charge in [-0.15, -0.1) is 0 Å². The van der Waals surface area contributed by atoms with E-state index in [1.54, 1.807) is 6.20 Å². The van der Waals surface area contributed by atoms with Gasteiger partial charge in [-0.2, -0.15) is 15.1 Å². The normalized spacial score (nSPS) is 22.4. The average Bonchev–Trinajstić information content (AvgIpc) is 2.96. The standard InChI is InChI=1S/C15H24N6/c1-3-8-16-15-19-13(11-9-17-21-14(11)20-15)18-12-7-5-4-6-10(12)2/h9-10,12H,3-8H2,1-2H3,(H3,16,17,18,19,20,21). The van der Waals surface area contributed by atoms with Crippen LogP contribution in [0.15, 0.2) is 6.20 Å². The van der Waals surface area contributed by atoms with Gasteiger partial charge in [0.15, 0.2) is 5.65 Å². The minimum Gasteiger partial charge on any atom is -0.366 e. The van der Waals surface area contributed by atoms with Crippen LogP contribution in [0, 0.1) is 5.92 Å². The number of anilines is 2. The fourth-order valence-corrected chi connectivity index (χ4v) is 2.97. The lowest BCUT2D eigenvalue weighted by atomic mass is 9.86. The molecule has 0 aliphatic heterocycles. The molecule has 1 fully saturated rings. The summed E-state index contributed by atoms with van der Waals surface area (Å²) in [5.74, 6) is 2.24. The monoisotopic (exact) mass is 288 g/mol. The molecule has 1 saturated carbocycles. The van der Waals surface area contributed by atoms with Crippen molar-refractivity contribution in [2.45, 2.75) is 52.0 Å². The molecule has 6 nitrogen and oxygen atoms in total. The second kappa shape index (κ2) is 6.28. The first-order chi connectivity index (χ1) is 10.3. The highest BCUT2D eigenvalue weighted by molar-refractivity contribution is 5.87. The molecule has 3 rings (SSSR count). The van der Waals surface area contributed by atoms with E-state index in [0.717, 1.165) is 29.8 Å². The SMILES string of the molecule is CCCNc1nc(NC2CCCCC2C)c2cn[nH]c2n1. The van der Waals surface area contributed by atoms with Crippen LogP contribution in [0.4, 0.5) is 11.8 Å². The molecule has 114 valence electrons. The maximum absolute atomic E-state index is 4.65. The van der Waals surface area contributed by atoms with E-state index < -0.39 is 0 Å². The smallest absolute Gasteiger partial charge is 0.226 e. The molecular weight excluding hydrogens is 264 g/mol. The molecule has 21 heavy (non-hydrogen) atoms. The molecule has 3 N–H and O–H groups in total. The highest BCUT2D eigenvalue weighted by atomic mass is 15.2. The molecule has 0 radical (unpaired) electrons. The maximum Gasteiger partial charge on any atom is 0.226 e. The molecule has 0 amide bonds. The fourth-order valence-electron chi connectivity index (χ4n) is 2.97. The van der Waals surface area contributed by atoms with Gasteiger partial charge < -0.3 is 10.6 Å². The Kier molecular flexibility index (Phi) is 4.22. The van der Waals surface area contributed by atoms with Gasteiger partial charge in [-0.1, -0.05) is 26.7 Å². The van der Waals surface area contributed by atoms with Gasteiger partial charge in [0.25, 0.3) is 0 Å². The number of hydrogen-bond donors (Lipinski definition) is 3. The van der Waals surface area contributed by atoms with Crippen molar-refractivity contribution in [1.29, 1.82) is 0 Å². The van der Waals surface area contributed by atoms with Crippen molar-refractivity contribution in [1.82, 2.24) is 20.2 Å². The third-order valence-electron chi connectivity index (χ3n) is 4.28. The summed E-state index contributed by atoms with van der Waals surface area (Å²) in [4.78, 5) is 9.11. The summed E-state index contributed by atoms with van der Waals surface area (Å²) in [6.07, 6.45) is 7.98.